The Morgan fingerprint density at radius 2 is 1.94 bits per heavy atom. The van der Waals surface area contributed by atoms with E-state index in [9.17, 15) is 9.59 Å². The Morgan fingerprint density at radius 1 is 1.22 bits per heavy atom. The van der Waals surface area contributed by atoms with Crippen LogP contribution in [0.3, 0.4) is 0 Å². The van der Waals surface area contributed by atoms with Crippen molar-refractivity contribution < 1.29 is 14.1 Å². The number of nitrogens with zero attached hydrogens (tertiary/aromatic N) is 3. The van der Waals surface area contributed by atoms with Gasteiger partial charge in [0.15, 0.2) is 0 Å². The number of aryl methyl sites for hydroxylation is 1. The van der Waals surface area contributed by atoms with Crippen LogP contribution in [0.1, 0.15) is 34.6 Å². The van der Waals surface area contributed by atoms with E-state index in [1.807, 2.05) is 19.1 Å². The van der Waals surface area contributed by atoms with E-state index in [1.54, 1.807) is 44.3 Å². The lowest BCUT2D eigenvalue weighted by atomic mass is 10.0. The number of nitrogens with one attached hydrogen (secondary N) is 1. The fraction of sp³-hybridized carbons (Fsp3) is 0.217. The van der Waals surface area contributed by atoms with E-state index in [0.717, 1.165) is 5.56 Å². The van der Waals surface area contributed by atoms with E-state index in [0.29, 0.717) is 38.7 Å². The normalized spacial score (nSPS) is 12.0. The number of carbonyl (C=O) groups is 1. The van der Waals surface area contributed by atoms with Crippen molar-refractivity contribution in [1.82, 2.24) is 20.3 Å². The molecule has 164 valence electrons. The van der Waals surface area contributed by atoms with Crippen molar-refractivity contribution in [2.24, 2.45) is 0 Å². The van der Waals surface area contributed by atoms with E-state index in [1.165, 1.54) is 11.8 Å². The van der Waals surface area contributed by atoms with Gasteiger partial charge in [-0.05, 0) is 49.7 Å². The summed E-state index contributed by atoms with van der Waals surface area (Å²) in [5.74, 6) is 0.214. The number of ether oxygens (including phenoxy) is 1. The third-order valence-electron chi connectivity index (χ3n) is 5.37. The lowest BCUT2D eigenvalue weighted by Gasteiger charge is -2.17. The first kappa shape index (κ1) is 21.6. The molecule has 1 N–H and O–H groups in total. The highest BCUT2D eigenvalue weighted by atomic mass is 35.5. The maximum absolute atomic E-state index is 13.3. The van der Waals surface area contributed by atoms with Gasteiger partial charge in [0.2, 0.25) is 5.58 Å². The largest absolute Gasteiger partial charge is 0.496 e. The molecule has 0 spiro atoms. The average Bonchev–Trinajstić information content (AvgIpc) is 3.20. The van der Waals surface area contributed by atoms with E-state index in [-0.39, 0.29) is 17.0 Å². The third kappa shape index (κ3) is 3.62. The van der Waals surface area contributed by atoms with Crippen LogP contribution in [0.4, 0.5) is 0 Å². The second-order valence-corrected chi connectivity index (χ2v) is 7.73. The molecule has 4 rings (SSSR count). The predicted molar refractivity (Wildman–Crippen MR) is 121 cm³/mol. The maximum Gasteiger partial charge on any atom is 0.280 e. The summed E-state index contributed by atoms with van der Waals surface area (Å²) in [6.07, 6.45) is 0. The van der Waals surface area contributed by atoms with Crippen molar-refractivity contribution in [3.63, 3.8) is 0 Å². The van der Waals surface area contributed by atoms with Crippen LogP contribution in [-0.2, 0) is 0 Å². The van der Waals surface area contributed by atoms with Crippen LogP contribution in [0.2, 0.25) is 5.02 Å². The maximum atomic E-state index is 13.3. The van der Waals surface area contributed by atoms with Gasteiger partial charge in [-0.15, -0.1) is 0 Å². The topological polar surface area (TPSA) is 99.2 Å². The first-order chi connectivity index (χ1) is 15.3. The Balaban J connectivity index is 2.01. The van der Waals surface area contributed by atoms with E-state index >= 15 is 0 Å². The molecule has 2 heterocycles. The van der Waals surface area contributed by atoms with Crippen LogP contribution in [0.25, 0.3) is 22.2 Å². The van der Waals surface area contributed by atoms with Crippen LogP contribution in [0.15, 0.2) is 51.8 Å². The first-order valence-electron chi connectivity index (χ1n) is 9.90. The summed E-state index contributed by atoms with van der Waals surface area (Å²) in [4.78, 5) is 25.6. The number of halogens is 1. The SMILES string of the molecule is CNC(=O)c1ccc(OC)c(-c2nn([C@@H](C)c3ccc(Cl)cc3)c(=O)c3c(C)noc23)c1. The molecular formula is C23H21ClN4O4. The standard InChI is InChI=1S/C23H21ClN4O4/c1-12-19-21(32-27-12)20(17-11-15(22(29)25-3)7-10-18(17)31-4)26-28(23(19)30)13(2)14-5-8-16(24)9-6-14/h5-11,13H,1-4H3,(H,25,29)/t13-/m0/s1. The fourth-order valence-electron chi connectivity index (χ4n) is 3.60. The molecule has 0 aliphatic rings. The van der Waals surface area contributed by atoms with Gasteiger partial charge in [-0.25, -0.2) is 4.68 Å². The molecule has 4 aromatic rings. The zero-order valence-electron chi connectivity index (χ0n) is 18.0. The number of hydrogen-bond acceptors (Lipinski definition) is 6. The number of amides is 1. The summed E-state index contributed by atoms with van der Waals surface area (Å²) in [6, 6.07) is 11.8. The summed E-state index contributed by atoms with van der Waals surface area (Å²) >= 11 is 6.02. The minimum atomic E-state index is -0.398. The number of carbonyl (C=O) groups excluding carboxylic acids is 1. The second kappa shape index (κ2) is 8.47. The summed E-state index contributed by atoms with van der Waals surface area (Å²) in [5, 5.41) is 12.2. The van der Waals surface area contributed by atoms with Gasteiger partial charge in [0.25, 0.3) is 11.5 Å². The first-order valence-corrected chi connectivity index (χ1v) is 10.3. The molecule has 0 bridgehead atoms. The van der Waals surface area contributed by atoms with Crippen molar-refractivity contribution in [3.8, 4) is 17.0 Å². The van der Waals surface area contributed by atoms with Crippen LogP contribution in [0, 0.1) is 6.92 Å². The number of hydrogen-bond donors (Lipinski definition) is 1. The molecule has 1 atom stereocenters. The molecule has 32 heavy (non-hydrogen) atoms. The zero-order chi connectivity index (χ0) is 23.0. The second-order valence-electron chi connectivity index (χ2n) is 7.29. The molecule has 2 aromatic carbocycles. The zero-order valence-corrected chi connectivity index (χ0v) is 18.7. The Labute approximate surface area is 188 Å². The molecular weight excluding hydrogens is 432 g/mol. The number of benzene rings is 2. The van der Waals surface area contributed by atoms with Crippen LogP contribution < -0.4 is 15.6 Å². The van der Waals surface area contributed by atoms with Gasteiger partial charge in [0, 0.05) is 23.2 Å². The van der Waals surface area contributed by atoms with E-state index < -0.39 is 6.04 Å². The van der Waals surface area contributed by atoms with E-state index in [2.05, 4.69) is 15.6 Å². The van der Waals surface area contributed by atoms with Crippen molar-refractivity contribution in [2.75, 3.05) is 14.2 Å². The third-order valence-corrected chi connectivity index (χ3v) is 5.62. The highest BCUT2D eigenvalue weighted by molar-refractivity contribution is 6.30. The number of methoxy groups -OCH3 is 1. The Bertz CT molecular complexity index is 1380. The number of fused-ring (bicyclic) bond motifs is 1. The van der Waals surface area contributed by atoms with Crippen LogP contribution in [0.5, 0.6) is 5.75 Å². The van der Waals surface area contributed by atoms with Crippen LogP contribution in [-0.4, -0.2) is 35.0 Å². The van der Waals surface area contributed by atoms with Crippen molar-refractivity contribution >= 4 is 28.5 Å². The summed E-state index contributed by atoms with van der Waals surface area (Å²) < 4.78 is 12.4. The van der Waals surface area contributed by atoms with Crippen molar-refractivity contribution in [2.45, 2.75) is 19.9 Å². The number of rotatable bonds is 5. The average molecular weight is 453 g/mol. The van der Waals surface area contributed by atoms with Crippen molar-refractivity contribution in [3.05, 3.63) is 74.7 Å². The quantitative estimate of drug-likeness (QED) is 0.491. The Hall–Kier alpha value is -3.65. The minimum Gasteiger partial charge on any atom is -0.496 e. The smallest absolute Gasteiger partial charge is 0.280 e. The molecule has 9 heteroatoms. The van der Waals surface area contributed by atoms with Gasteiger partial charge < -0.3 is 14.6 Å². The van der Waals surface area contributed by atoms with Gasteiger partial charge >= 0.3 is 0 Å². The highest BCUT2D eigenvalue weighted by Gasteiger charge is 2.24. The van der Waals surface area contributed by atoms with E-state index in [4.69, 9.17) is 20.9 Å². The molecule has 1 amide bonds. The molecule has 2 aromatic heterocycles. The summed E-state index contributed by atoms with van der Waals surface area (Å²) in [5.41, 5.74) is 2.49. The highest BCUT2D eigenvalue weighted by Crippen LogP contribution is 2.34. The lowest BCUT2D eigenvalue weighted by molar-refractivity contribution is 0.0963. The van der Waals surface area contributed by atoms with Gasteiger partial charge in [-0.1, -0.05) is 28.9 Å². The summed E-state index contributed by atoms with van der Waals surface area (Å²) in [7, 11) is 3.07. The van der Waals surface area contributed by atoms with Gasteiger partial charge in [-0.2, -0.15) is 5.10 Å². The van der Waals surface area contributed by atoms with Crippen molar-refractivity contribution in [1.29, 1.82) is 0 Å². The predicted octanol–water partition coefficient (Wildman–Crippen LogP) is 3.99. The number of aromatic nitrogens is 3. The molecule has 0 radical (unpaired) electrons. The Kier molecular flexibility index (Phi) is 5.71. The molecule has 0 saturated carbocycles. The molecule has 0 unspecified atom stereocenters. The fourth-order valence-corrected chi connectivity index (χ4v) is 3.72. The summed E-state index contributed by atoms with van der Waals surface area (Å²) in [6.45, 7) is 3.57. The molecule has 0 fully saturated rings. The monoisotopic (exact) mass is 452 g/mol. The minimum absolute atomic E-state index is 0.236. The van der Waals surface area contributed by atoms with Gasteiger partial charge in [0.1, 0.15) is 16.8 Å². The van der Waals surface area contributed by atoms with Gasteiger partial charge in [-0.3, -0.25) is 9.59 Å². The van der Waals surface area contributed by atoms with Crippen LogP contribution >= 0.6 is 11.6 Å². The molecule has 0 saturated heterocycles. The molecule has 0 aliphatic carbocycles. The molecule has 8 nitrogen and oxygen atoms in total. The lowest BCUT2D eigenvalue weighted by Crippen LogP contribution is -2.27. The molecule has 0 aliphatic heterocycles. The van der Waals surface area contributed by atoms with Gasteiger partial charge in [0.05, 0.1) is 18.8 Å². The Morgan fingerprint density at radius 3 is 2.59 bits per heavy atom.